The predicted molar refractivity (Wildman–Crippen MR) is 391 cm³/mol. The number of rotatable bonds is 7. The van der Waals surface area contributed by atoms with Gasteiger partial charge in [-0.2, -0.15) is 0 Å². The molecule has 92 heavy (non-hydrogen) atoms. The van der Waals surface area contributed by atoms with E-state index < -0.39 is 36.3 Å². The molecule has 17 aromatic carbocycles. The van der Waals surface area contributed by atoms with Gasteiger partial charge in [-0.3, -0.25) is 0 Å². The third-order valence-corrected chi connectivity index (χ3v) is 18.3. The highest BCUT2D eigenvalue weighted by Gasteiger charge is 2.22. The van der Waals surface area contributed by atoms with Crippen LogP contribution in [0, 0.1) is 0 Å². The molecule has 0 amide bonds. The van der Waals surface area contributed by atoms with Crippen LogP contribution in [-0.4, -0.2) is 0 Å². The van der Waals surface area contributed by atoms with Gasteiger partial charge in [0.2, 0.25) is 0 Å². The van der Waals surface area contributed by atoms with Crippen LogP contribution in [0.3, 0.4) is 0 Å². The number of fused-ring (bicyclic) bond motifs is 13. The molecule has 2 nitrogen and oxygen atoms in total. The minimum absolute atomic E-state index is 0.0856. The van der Waals surface area contributed by atoms with Crippen molar-refractivity contribution in [3.8, 4) is 77.9 Å². The summed E-state index contributed by atoms with van der Waals surface area (Å²) < 4.78 is 98.2. The highest BCUT2D eigenvalue weighted by molar-refractivity contribution is 6.24. The van der Waals surface area contributed by atoms with Gasteiger partial charge in [-0.05, 0) is 179 Å². The summed E-state index contributed by atoms with van der Waals surface area (Å²) in [6.45, 7) is 0. The quantitative estimate of drug-likeness (QED) is 0.117. The van der Waals surface area contributed by atoms with Gasteiger partial charge in [0.1, 0.15) is 22.3 Å². The first-order valence-electron chi connectivity index (χ1n) is 35.8. The van der Waals surface area contributed by atoms with Crippen LogP contribution in [0.2, 0.25) is 0 Å². The molecular weight excluding hydrogens is 1110 g/mol. The lowest BCUT2D eigenvalue weighted by molar-refractivity contribution is 0.668. The summed E-state index contributed by atoms with van der Waals surface area (Å²) in [7, 11) is 0. The van der Waals surface area contributed by atoms with Crippen molar-refractivity contribution in [1.29, 1.82) is 0 Å². The summed E-state index contributed by atoms with van der Waals surface area (Å²) in [5.41, 5.74) is 14.8. The number of furan rings is 2. The second-order valence-corrected chi connectivity index (χ2v) is 23.3. The molecule has 2 aromatic heterocycles. The molecule has 0 bridgehead atoms. The lowest BCUT2D eigenvalue weighted by atomic mass is 9.85. The molecule has 0 saturated heterocycles. The van der Waals surface area contributed by atoms with E-state index in [0.29, 0.717) is 33.2 Å². The molecule has 0 fully saturated rings. The summed E-state index contributed by atoms with van der Waals surface area (Å²) in [4.78, 5) is 0. The topological polar surface area (TPSA) is 26.3 Å². The summed E-state index contributed by atoms with van der Waals surface area (Å²) in [6, 6.07) is 92.3. The van der Waals surface area contributed by atoms with Crippen LogP contribution in [0.5, 0.6) is 0 Å². The van der Waals surface area contributed by atoms with E-state index in [1.54, 1.807) is 0 Å². The van der Waals surface area contributed by atoms with Gasteiger partial charge in [0.25, 0.3) is 0 Å². The van der Waals surface area contributed by atoms with Gasteiger partial charge in [-0.1, -0.05) is 297 Å². The molecule has 2 heterocycles. The molecule has 0 aliphatic carbocycles. The zero-order chi connectivity index (χ0) is 69.3. The van der Waals surface area contributed by atoms with Gasteiger partial charge in [-0.15, -0.1) is 0 Å². The summed E-state index contributed by atoms with van der Waals surface area (Å²) in [6.07, 6.45) is 0. The molecule has 0 unspecified atom stereocenters. The monoisotopic (exact) mass is 1180 g/mol. The highest BCUT2D eigenvalue weighted by atomic mass is 16.3. The Morgan fingerprint density at radius 3 is 1.10 bits per heavy atom. The molecule has 428 valence electrons. The minimum atomic E-state index is -0.467. The maximum atomic E-state index is 8.95. The van der Waals surface area contributed by atoms with Gasteiger partial charge < -0.3 is 8.83 Å². The fourth-order valence-electron chi connectivity index (χ4n) is 14.3. The molecular formula is C90H56O2. The van der Waals surface area contributed by atoms with Crippen molar-refractivity contribution in [2.24, 2.45) is 0 Å². The Morgan fingerprint density at radius 2 is 0.554 bits per heavy atom. The summed E-state index contributed by atoms with van der Waals surface area (Å²) >= 11 is 0. The molecule has 0 aliphatic heterocycles. The van der Waals surface area contributed by atoms with Gasteiger partial charge in [0, 0.05) is 27.1 Å². The van der Waals surface area contributed by atoms with Crippen LogP contribution in [0.4, 0.5) is 0 Å². The second kappa shape index (κ2) is 21.9. The second-order valence-electron chi connectivity index (χ2n) is 23.3. The zero-order valence-corrected chi connectivity index (χ0v) is 49.4. The van der Waals surface area contributed by atoms with Crippen molar-refractivity contribution in [2.75, 3.05) is 0 Å². The van der Waals surface area contributed by atoms with Crippen LogP contribution in [0.15, 0.2) is 348 Å². The molecule has 0 atom stereocenters. The van der Waals surface area contributed by atoms with Gasteiger partial charge in [-0.25, -0.2) is 0 Å². The molecule has 0 saturated carbocycles. The van der Waals surface area contributed by atoms with Crippen molar-refractivity contribution in [1.82, 2.24) is 0 Å². The van der Waals surface area contributed by atoms with Crippen LogP contribution in [0.1, 0.15) is 13.7 Å². The van der Waals surface area contributed by atoms with Gasteiger partial charge >= 0.3 is 0 Å². The SMILES string of the molecule is [2H]c1c([2H])c([2H])c(-c2c3ccccc3c(-c3ccc(-c4ccc5oc6ccccc6c5c4-c4c([2H])c([2H])c([2H])c([2H])c4[2H])cc3)c3ccccc23)c([2H])c1[2H].c1ccc(-c2c3ccccc3c(-c3ccc4c(ccc5cc(-c6ccc7c(c6)oc6ccccc67)ccc54)c3)c3ccccc23)cc1. The van der Waals surface area contributed by atoms with Crippen LogP contribution < -0.4 is 0 Å². The number of benzene rings is 17. The summed E-state index contributed by atoms with van der Waals surface area (Å²) in [5.74, 6) is 0. The van der Waals surface area contributed by atoms with E-state index >= 15 is 0 Å². The molecule has 0 N–H and O–H groups in total. The standard InChI is InChI=1S/C46H28O.C44H28O/c1-2-10-29(11-3-1)45-39-13-4-6-15-41(39)46(42-16-7-5-14-40(42)45)34-22-24-36-33(27-34)19-18-32-26-30(20-23-35(32)36)31-21-25-38-37-12-8-9-17-43(37)47-44(38)28-31;1-3-13-30(14-4-1)41-34-17-7-9-19-36(34)42(37-20-10-8-18-35(37)41)32-25-23-29(24-26-32)33-27-28-40-44(38-21-11-12-22-39(38)45-40)43(33)31-15-5-2-6-16-31/h1-28H;1-28H/i;1D,2D,3D,4D,5D,6D,13D,14D,15D,16D. The Morgan fingerprint density at radius 1 is 0.196 bits per heavy atom. The Hall–Kier alpha value is -12.1. The Bertz CT molecular complexity index is 6580. The summed E-state index contributed by atoms with van der Waals surface area (Å²) in [5, 5.41) is 17.0. The van der Waals surface area contributed by atoms with E-state index in [2.05, 4.69) is 158 Å². The normalized spacial score (nSPS) is 13.2. The first kappa shape index (κ1) is 43.5. The van der Waals surface area contributed by atoms with E-state index in [0.717, 1.165) is 71.1 Å². The van der Waals surface area contributed by atoms with Crippen LogP contribution in [-0.2, 0) is 0 Å². The fraction of sp³-hybridized carbons (Fsp3) is 0. The van der Waals surface area contributed by atoms with Crippen molar-refractivity contribution >= 4 is 109 Å². The Balaban J connectivity index is 0.000000148. The lowest BCUT2D eigenvalue weighted by Gasteiger charge is -2.18. The average molecular weight is 1180 g/mol. The van der Waals surface area contributed by atoms with E-state index in [1.165, 1.54) is 70.9 Å². The van der Waals surface area contributed by atoms with Crippen molar-refractivity contribution < 1.29 is 22.5 Å². The van der Waals surface area contributed by atoms with E-state index in [1.807, 2.05) is 121 Å². The predicted octanol–water partition coefficient (Wildman–Crippen LogP) is 25.8. The van der Waals surface area contributed by atoms with E-state index in [4.69, 9.17) is 22.5 Å². The first-order chi connectivity index (χ1) is 49.8. The maximum Gasteiger partial charge on any atom is 0.136 e. The molecule has 2 heteroatoms. The number of hydrogen-bond donors (Lipinski definition) is 0. The third-order valence-electron chi connectivity index (χ3n) is 18.3. The Labute approximate surface area is 545 Å². The highest BCUT2D eigenvalue weighted by Crippen LogP contribution is 2.48. The lowest BCUT2D eigenvalue weighted by Crippen LogP contribution is -1.91. The third kappa shape index (κ3) is 8.79. The van der Waals surface area contributed by atoms with E-state index in [-0.39, 0.29) is 35.3 Å². The minimum Gasteiger partial charge on any atom is -0.456 e. The van der Waals surface area contributed by atoms with Crippen molar-refractivity contribution in [3.05, 3.63) is 339 Å². The largest absolute Gasteiger partial charge is 0.456 e. The number of para-hydroxylation sites is 2. The first-order valence-corrected chi connectivity index (χ1v) is 30.8. The number of hydrogen-bond acceptors (Lipinski definition) is 2. The van der Waals surface area contributed by atoms with Crippen molar-refractivity contribution in [3.63, 3.8) is 0 Å². The molecule has 19 aromatic rings. The van der Waals surface area contributed by atoms with E-state index in [9.17, 15) is 0 Å². The van der Waals surface area contributed by atoms with Gasteiger partial charge in [0.15, 0.2) is 0 Å². The van der Waals surface area contributed by atoms with Crippen molar-refractivity contribution in [2.45, 2.75) is 0 Å². The van der Waals surface area contributed by atoms with Crippen LogP contribution >= 0.6 is 0 Å². The fourth-order valence-corrected chi connectivity index (χ4v) is 14.3. The molecule has 0 spiro atoms. The van der Waals surface area contributed by atoms with Crippen LogP contribution in [0.25, 0.3) is 186 Å². The molecule has 0 radical (unpaired) electrons. The molecule has 19 rings (SSSR count). The van der Waals surface area contributed by atoms with Gasteiger partial charge in [0.05, 0.1) is 13.7 Å². The Kier molecular flexibility index (Phi) is 10.4. The smallest absolute Gasteiger partial charge is 0.136 e. The molecule has 0 aliphatic rings. The maximum absolute atomic E-state index is 8.95. The average Bonchev–Trinajstić information content (AvgIpc) is 0.812. The zero-order valence-electron chi connectivity index (χ0n) is 59.4.